The second-order valence-corrected chi connectivity index (χ2v) is 4.01. The zero-order chi connectivity index (χ0) is 10.2. The molecule has 1 rings (SSSR count). The Morgan fingerprint density at radius 2 is 2.00 bits per heavy atom. The van der Waals surface area contributed by atoms with E-state index in [1.807, 2.05) is 0 Å². The van der Waals surface area contributed by atoms with Crippen molar-refractivity contribution in [2.24, 2.45) is 5.92 Å². The number of hydrogen-bond acceptors (Lipinski definition) is 1. The van der Waals surface area contributed by atoms with Gasteiger partial charge in [-0.2, -0.15) is 13.2 Å². The lowest BCUT2D eigenvalue weighted by molar-refractivity contribution is -0.143. The van der Waals surface area contributed by atoms with E-state index in [4.69, 9.17) is 12.2 Å². The van der Waals surface area contributed by atoms with Crippen LogP contribution < -0.4 is 0 Å². The lowest BCUT2D eigenvalue weighted by atomic mass is 9.94. The normalized spacial score (nSPS) is 24.1. The van der Waals surface area contributed by atoms with Crippen molar-refractivity contribution in [3.05, 3.63) is 22.2 Å². The maximum absolute atomic E-state index is 12.3. The monoisotopic (exact) mass is 270 g/mol. The summed E-state index contributed by atoms with van der Waals surface area (Å²) >= 11 is 7.84. The Bertz CT molecular complexity index is 301. The molecular formula is C8H6BrF3S. The predicted molar refractivity (Wildman–Crippen MR) is 52.9 cm³/mol. The Balaban J connectivity index is 3.01. The van der Waals surface area contributed by atoms with E-state index >= 15 is 0 Å². The van der Waals surface area contributed by atoms with Crippen LogP contribution in [0.25, 0.3) is 0 Å². The summed E-state index contributed by atoms with van der Waals surface area (Å²) in [5, 5.41) is 0. The van der Waals surface area contributed by atoms with Crippen molar-refractivity contribution >= 4 is 33.0 Å². The van der Waals surface area contributed by atoms with E-state index in [2.05, 4.69) is 15.9 Å². The van der Waals surface area contributed by atoms with E-state index in [1.54, 1.807) is 6.92 Å². The minimum absolute atomic E-state index is 0.0538. The van der Waals surface area contributed by atoms with E-state index in [0.29, 0.717) is 10.1 Å². The number of alkyl halides is 3. The van der Waals surface area contributed by atoms with Gasteiger partial charge in [-0.05, 0) is 12.5 Å². The standard InChI is InChI=1S/C8H6BrF3S/c1-4-6(9)3-2-5(7(4)13)8(10,11)12/h2-3,5H,1H3. The zero-order valence-corrected chi connectivity index (χ0v) is 9.05. The fourth-order valence-corrected chi connectivity index (χ4v) is 1.82. The molecule has 5 heteroatoms. The first-order chi connectivity index (χ1) is 5.84. The third-order valence-electron chi connectivity index (χ3n) is 1.80. The van der Waals surface area contributed by atoms with Crippen molar-refractivity contribution in [1.29, 1.82) is 0 Å². The van der Waals surface area contributed by atoms with Crippen LogP contribution in [0.5, 0.6) is 0 Å². The SMILES string of the molecule is CC1=C(Br)C=CC(C(F)(F)F)C1=S. The van der Waals surface area contributed by atoms with Crippen molar-refractivity contribution in [2.45, 2.75) is 13.1 Å². The van der Waals surface area contributed by atoms with Gasteiger partial charge in [-0.25, -0.2) is 0 Å². The van der Waals surface area contributed by atoms with E-state index in [9.17, 15) is 13.2 Å². The molecule has 0 saturated heterocycles. The molecule has 13 heavy (non-hydrogen) atoms. The van der Waals surface area contributed by atoms with Crippen LogP contribution in [0, 0.1) is 5.92 Å². The van der Waals surface area contributed by atoms with Crippen LogP contribution in [-0.2, 0) is 0 Å². The van der Waals surface area contributed by atoms with Gasteiger partial charge >= 0.3 is 6.18 Å². The van der Waals surface area contributed by atoms with Crippen LogP contribution in [0.3, 0.4) is 0 Å². The lowest BCUT2D eigenvalue weighted by Gasteiger charge is -2.21. The highest BCUT2D eigenvalue weighted by Gasteiger charge is 2.42. The molecule has 0 bridgehead atoms. The summed E-state index contributed by atoms with van der Waals surface area (Å²) in [7, 11) is 0. The first kappa shape index (κ1) is 10.9. The summed E-state index contributed by atoms with van der Waals surface area (Å²) in [6.45, 7) is 1.58. The van der Waals surface area contributed by atoms with E-state index < -0.39 is 12.1 Å². The average Bonchev–Trinajstić information content (AvgIpc) is 1.98. The molecule has 72 valence electrons. The van der Waals surface area contributed by atoms with Gasteiger partial charge < -0.3 is 0 Å². The molecule has 0 saturated carbocycles. The van der Waals surface area contributed by atoms with Gasteiger partial charge in [0.25, 0.3) is 0 Å². The van der Waals surface area contributed by atoms with Gasteiger partial charge in [-0.15, -0.1) is 0 Å². The van der Waals surface area contributed by atoms with Crippen molar-refractivity contribution < 1.29 is 13.2 Å². The van der Waals surface area contributed by atoms with Gasteiger partial charge in [0.05, 0.1) is 0 Å². The highest BCUT2D eigenvalue weighted by Crippen LogP contribution is 2.35. The van der Waals surface area contributed by atoms with Gasteiger partial charge in [0.2, 0.25) is 0 Å². The lowest BCUT2D eigenvalue weighted by Crippen LogP contribution is -2.30. The third kappa shape index (κ3) is 2.20. The van der Waals surface area contributed by atoms with Crippen molar-refractivity contribution in [3.63, 3.8) is 0 Å². The molecule has 0 amide bonds. The second kappa shape index (κ2) is 3.53. The molecular weight excluding hydrogens is 265 g/mol. The fourth-order valence-electron chi connectivity index (χ4n) is 1.00. The van der Waals surface area contributed by atoms with Crippen LogP contribution in [0.4, 0.5) is 13.2 Å². The van der Waals surface area contributed by atoms with E-state index in [1.165, 1.54) is 6.08 Å². The van der Waals surface area contributed by atoms with Crippen molar-refractivity contribution in [1.82, 2.24) is 0 Å². The second-order valence-electron chi connectivity index (χ2n) is 2.72. The van der Waals surface area contributed by atoms with Crippen molar-refractivity contribution in [2.75, 3.05) is 0 Å². The topological polar surface area (TPSA) is 0 Å². The van der Waals surface area contributed by atoms with E-state index in [-0.39, 0.29) is 4.86 Å². The largest absolute Gasteiger partial charge is 0.399 e. The minimum atomic E-state index is -4.28. The molecule has 0 aromatic heterocycles. The van der Waals surface area contributed by atoms with Crippen LogP contribution in [0.1, 0.15) is 6.92 Å². The summed E-state index contributed by atoms with van der Waals surface area (Å²) in [6.07, 6.45) is -1.81. The Labute approximate surface area is 87.6 Å². The molecule has 1 unspecified atom stereocenters. The Morgan fingerprint density at radius 1 is 1.46 bits per heavy atom. The summed E-state index contributed by atoms with van der Waals surface area (Å²) in [5.74, 6) is -1.61. The number of halogens is 4. The van der Waals surface area contributed by atoms with Crippen molar-refractivity contribution in [3.8, 4) is 0 Å². The first-order valence-corrected chi connectivity index (χ1v) is 4.69. The summed E-state index contributed by atoms with van der Waals surface area (Å²) in [6, 6.07) is 0. The molecule has 1 atom stereocenters. The van der Waals surface area contributed by atoms with Crippen LogP contribution in [0.15, 0.2) is 22.2 Å². The molecule has 0 fully saturated rings. The summed E-state index contributed by atoms with van der Waals surface area (Å²) < 4.78 is 37.6. The highest BCUT2D eigenvalue weighted by atomic mass is 79.9. The summed E-state index contributed by atoms with van der Waals surface area (Å²) in [4.78, 5) is -0.0538. The highest BCUT2D eigenvalue weighted by molar-refractivity contribution is 9.12. The Morgan fingerprint density at radius 3 is 2.46 bits per heavy atom. The smallest absolute Gasteiger partial charge is 0.170 e. The summed E-state index contributed by atoms with van der Waals surface area (Å²) in [5.41, 5.74) is 0.486. The molecule has 0 spiro atoms. The predicted octanol–water partition coefficient (Wildman–Crippen LogP) is 3.77. The maximum atomic E-state index is 12.3. The Kier molecular flexibility index (Phi) is 2.97. The van der Waals surface area contributed by atoms with E-state index in [0.717, 1.165) is 6.08 Å². The third-order valence-corrected chi connectivity index (χ3v) is 3.22. The van der Waals surface area contributed by atoms with Gasteiger partial charge in [0.15, 0.2) is 0 Å². The number of rotatable bonds is 0. The zero-order valence-electron chi connectivity index (χ0n) is 6.65. The number of thiocarbonyl (C=S) groups is 1. The molecule has 0 N–H and O–H groups in total. The first-order valence-electron chi connectivity index (χ1n) is 3.49. The number of allylic oxidation sites excluding steroid dienone is 4. The average molecular weight is 271 g/mol. The molecule has 0 heterocycles. The van der Waals surface area contributed by atoms with Crippen LogP contribution >= 0.6 is 28.1 Å². The minimum Gasteiger partial charge on any atom is -0.170 e. The van der Waals surface area contributed by atoms with Crippen LogP contribution in [-0.4, -0.2) is 11.0 Å². The maximum Gasteiger partial charge on any atom is 0.399 e. The Hall–Kier alpha value is -0.160. The van der Waals surface area contributed by atoms with Gasteiger partial charge in [0.1, 0.15) is 5.92 Å². The molecule has 0 aliphatic heterocycles. The molecule has 0 nitrogen and oxygen atoms in total. The number of hydrogen-bond donors (Lipinski definition) is 0. The van der Waals surface area contributed by atoms with Gasteiger partial charge in [0, 0.05) is 9.35 Å². The fraction of sp³-hybridized carbons (Fsp3) is 0.375. The van der Waals surface area contributed by atoms with Crippen LogP contribution in [0.2, 0.25) is 0 Å². The molecule has 0 aromatic rings. The quantitative estimate of drug-likeness (QED) is 0.604. The molecule has 0 radical (unpaired) electrons. The molecule has 0 aromatic carbocycles. The molecule has 1 aliphatic rings. The molecule has 1 aliphatic carbocycles. The van der Waals surface area contributed by atoms with Gasteiger partial charge in [-0.3, -0.25) is 0 Å². The van der Waals surface area contributed by atoms with Gasteiger partial charge in [-0.1, -0.05) is 40.3 Å².